The molecule has 0 heterocycles. The van der Waals surface area contributed by atoms with E-state index in [1.54, 1.807) is 0 Å². The topological polar surface area (TPSA) is 38.0 Å². The highest BCUT2D eigenvalue weighted by atomic mass is 15.2. The van der Waals surface area contributed by atoms with Crippen LogP contribution in [-0.2, 0) is 6.42 Å². The minimum Gasteiger partial charge on any atom is -0.271 e. The van der Waals surface area contributed by atoms with Gasteiger partial charge in [0.1, 0.15) is 0 Å². The molecule has 1 aromatic rings. The van der Waals surface area contributed by atoms with Gasteiger partial charge in [0.2, 0.25) is 0 Å². The van der Waals surface area contributed by atoms with Crippen LogP contribution in [-0.4, -0.2) is 6.54 Å². The molecule has 2 heteroatoms. The van der Waals surface area contributed by atoms with Crippen molar-refractivity contribution >= 4 is 0 Å². The molecule has 0 aromatic heterocycles. The molecule has 12 heavy (non-hydrogen) atoms. The fourth-order valence-electron chi connectivity index (χ4n) is 1.27. The Bertz CT molecular complexity index is 233. The van der Waals surface area contributed by atoms with Crippen LogP contribution in [0, 0.1) is 6.92 Å². The van der Waals surface area contributed by atoms with Gasteiger partial charge < -0.3 is 0 Å². The maximum Gasteiger partial charge on any atom is 0.0101 e. The SMILES string of the molecule is Cc1ccccc1CCCNN. The molecular weight excluding hydrogens is 148 g/mol. The van der Waals surface area contributed by atoms with E-state index in [0.29, 0.717) is 0 Å². The first-order chi connectivity index (χ1) is 5.84. The summed E-state index contributed by atoms with van der Waals surface area (Å²) in [5.74, 6) is 5.18. The van der Waals surface area contributed by atoms with Gasteiger partial charge in [-0.25, -0.2) is 0 Å². The smallest absolute Gasteiger partial charge is 0.0101 e. The predicted octanol–water partition coefficient (Wildman–Crippen LogP) is 1.39. The molecule has 0 amide bonds. The monoisotopic (exact) mass is 164 g/mol. The Kier molecular flexibility index (Phi) is 3.77. The number of nitrogens with two attached hydrogens (primary N) is 1. The van der Waals surface area contributed by atoms with E-state index in [1.807, 2.05) is 0 Å². The fraction of sp³-hybridized carbons (Fsp3) is 0.400. The molecule has 0 aliphatic carbocycles. The van der Waals surface area contributed by atoms with E-state index in [2.05, 4.69) is 36.6 Å². The molecule has 0 saturated heterocycles. The first-order valence-electron chi connectivity index (χ1n) is 4.32. The fourth-order valence-corrected chi connectivity index (χ4v) is 1.27. The van der Waals surface area contributed by atoms with Gasteiger partial charge >= 0.3 is 0 Å². The van der Waals surface area contributed by atoms with Crippen molar-refractivity contribution in [3.63, 3.8) is 0 Å². The normalized spacial score (nSPS) is 10.2. The Hall–Kier alpha value is -0.860. The van der Waals surface area contributed by atoms with Crippen LogP contribution in [0.2, 0.25) is 0 Å². The highest BCUT2D eigenvalue weighted by molar-refractivity contribution is 5.25. The van der Waals surface area contributed by atoms with Crippen molar-refractivity contribution < 1.29 is 0 Å². The number of rotatable bonds is 4. The van der Waals surface area contributed by atoms with Crippen molar-refractivity contribution in [1.29, 1.82) is 0 Å². The van der Waals surface area contributed by atoms with Crippen LogP contribution in [0.1, 0.15) is 17.5 Å². The van der Waals surface area contributed by atoms with Crippen LogP contribution in [0.3, 0.4) is 0 Å². The minimum absolute atomic E-state index is 0.883. The van der Waals surface area contributed by atoms with Gasteiger partial charge in [0, 0.05) is 6.54 Å². The lowest BCUT2D eigenvalue weighted by Gasteiger charge is -2.04. The zero-order chi connectivity index (χ0) is 8.81. The van der Waals surface area contributed by atoms with Crippen LogP contribution >= 0.6 is 0 Å². The number of hydrogen-bond donors (Lipinski definition) is 2. The molecule has 1 rings (SSSR count). The van der Waals surface area contributed by atoms with E-state index in [1.165, 1.54) is 11.1 Å². The predicted molar refractivity (Wildman–Crippen MR) is 51.7 cm³/mol. The van der Waals surface area contributed by atoms with Crippen molar-refractivity contribution in [2.24, 2.45) is 5.84 Å². The van der Waals surface area contributed by atoms with Gasteiger partial charge in [-0.1, -0.05) is 24.3 Å². The summed E-state index contributed by atoms with van der Waals surface area (Å²) in [5.41, 5.74) is 5.45. The van der Waals surface area contributed by atoms with Crippen LogP contribution in [0.4, 0.5) is 0 Å². The first-order valence-corrected chi connectivity index (χ1v) is 4.32. The largest absolute Gasteiger partial charge is 0.271 e. The highest BCUT2D eigenvalue weighted by Crippen LogP contribution is 2.08. The summed E-state index contributed by atoms with van der Waals surface area (Å²) in [6, 6.07) is 8.47. The molecule has 3 N–H and O–H groups in total. The summed E-state index contributed by atoms with van der Waals surface area (Å²) >= 11 is 0. The average molecular weight is 164 g/mol. The summed E-state index contributed by atoms with van der Waals surface area (Å²) in [6.07, 6.45) is 2.21. The molecule has 0 aliphatic heterocycles. The second-order valence-electron chi connectivity index (χ2n) is 2.98. The minimum atomic E-state index is 0.883. The van der Waals surface area contributed by atoms with Gasteiger partial charge in [-0.3, -0.25) is 11.3 Å². The van der Waals surface area contributed by atoms with E-state index in [9.17, 15) is 0 Å². The van der Waals surface area contributed by atoms with Gasteiger partial charge in [0.25, 0.3) is 0 Å². The zero-order valence-corrected chi connectivity index (χ0v) is 7.51. The highest BCUT2D eigenvalue weighted by Gasteiger charge is 1.95. The molecule has 66 valence electrons. The second kappa shape index (κ2) is 4.91. The quantitative estimate of drug-likeness (QED) is 0.401. The van der Waals surface area contributed by atoms with Crippen molar-refractivity contribution in [1.82, 2.24) is 5.43 Å². The van der Waals surface area contributed by atoms with Gasteiger partial charge in [-0.15, -0.1) is 0 Å². The van der Waals surface area contributed by atoms with E-state index in [0.717, 1.165) is 19.4 Å². The van der Waals surface area contributed by atoms with E-state index < -0.39 is 0 Å². The Morgan fingerprint density at radius 1 is 1.33 bits per heavy atom. The molecule has 1 aromatic carbocycles. The molecule has 0 unspecified atom stereocenters. The lowest BCUT2D eigenvalue weighted by atomic mass is 10.0. The maximum atomic E-state index is 5.18. The average Bonchev–Trinajstić information content (AvgIpc) is 2.09. The van der Waals surface area contributed by atoms with E-state index in [-0.39, 0.29) is 0 Å². The molecular formula is C10H16N2. The van der Waals surface area contributed by atoms with Crippen molar-refractivity contribution in [3.8, 4) is 0 Å². The van der Waals surface area contributed by atoms with Crippen LogP contribution in [0.25, 0.3) is 0 Å². The summed E-state index contributed by atoms with van der Waals surface area (Å²) in [4.78, 5) is 0. The maximum absolute atomic E-state index is 5.18. The number of nitrogens with one attached hydrogen (secondary N) is 1. The van der Waals surface area contributed by atoms with Crippen LogP contribution < -0.4 is 11.3 Å². The van der Waals surface area contributed by atoms with Crippen molar-refractivity contribution in [3.05, 3.63) is 35.4 Å². The third kappa shape index (κ3) is 2.64. The molecule has 0 spiro atoms. The standard InChI is InChI=1S/C10H16N2/c1-9-5-2-3-6-10(9)7-4-8-12-11/h2-3,5-6,12H,4,7-8,11H2,1H3. The molecule has 0 saturated carbocycles. The third-order valence-corrected chi connectivity index (χ3v) is 2.03. The molecule has 0 aliphatic rings. The number of benzene rings is 1. The van der Waals surface area contributed by atoms with Gasteiger partial charge in [-0.2, -0.15) is 0 Å². The Balaban J connectivity index is 2.46. The third-order valence-electron chi connectivity index (χ3n) is 2.03. The summed E-state index contributed by atoms with van der Waals surface area (Å²) in [6.45, 7) is 3.03. The zero-order valence-electron chi connectivity index (χ0n) is 7.51. The van der Waals surface area contributed by atoms with Gasteiger partial charge in [-0.05, 0) is 30.9 Å². The molecule has 0 fully saturated rings. The van der Waals surface area contributed by atoms with Crippen LogP contribution in [0.5, 0.6) is 0 Å². The summed E-state index contributed by atoms with van der Waals surface area (Å²) < 4.78 is 0. The van der Waals surface area contributed by atoms with E-state index in [4.69, 9.17) is 5.84 Å². The Morgan fingerprint density at radius 3 is 2.75 bits per heavy atom. The second-order valence-corrected chi connectivity index (χ2v) is 2.98. The van der Waals surface area contributed by atoms with Crippen molar-refractivity contribution in [2.45, 2.75) is 19.8 Å². The number of hydrazine groups is 1. The Morgan fingerprint density at radius 2 is 2.08 bits per heavy atom. The van der Waals surface area contributed by atoms with Gasteiger partial charge in [0.15, 0.2) is 0 Å². The summed E-state index contributed by atoms with van der Waals surface area (Å²) in [5, 5.41) is 0. The Labute approximate surface area is 73.8 Å². The lowest BCUT2D eigenvalue weighted by Crippen LogP contribution is -2.23. The first kappa shape index (κ1) is 9.23. The van der Waals surface area contributed by atoms with Crippen LogP contribution in [0.15, 0.2) is 24.3 Å². The molecule has 2 nitrogen and oxygen atoms in total. The molecule has 0 atom stereocenters. The lowest BCUT2D eigenvalue weighted by molar-refractivity contribution is 0.678. The molecule has 0 radical (unpaired) electrons. The van der Waals surface area contributed by atoms with E-state index >= 15 is 0 Å². The van der Waals surface area contributed by atoms with Crippen molar-refractivity contribution in [2.75, 3.05) is 6.54 Å². The number of hydrogen-bond acceptors (Lipinski definition) is 2. The number of aryl methyl sites for hydroxylation is 2. The van der Waals surface area contributed by atoms with Gasteiger partial charge in [0.05, 0.1) is 0 Å². The summed E-state index contributed by atoms with van der Waals surface area (Å²) in [7, 11) is 0. The molecule has 0 bridgehead atoms.